The summed E-state index contributed by atoms with van der Waals surface area (Å²) in [6.45, 7) is 6.41. The lowest BCUT2D eigenvalue weighted by Gasteiger charge is -2.37. The first-order valence-electron chi connectivity index (χ1n) is 7.51. The molecule has 5 heteroatoms. The molecule has 116 valence electrons. The van der Waals surface area contributed by atoms with E-state index in [2.05, 4.69) is 18.1 Å². The molecule has 0 bridgehead atoms. The SMILES string of the molecule is CSCC1CCCN(C(C)c2cc([N+](=O)[O-])ccc2C)C1. The average Bonchev–Trinajstić information content (AvgIpc) is 2.47. The molecule has 0 radical (unpaired) electrons. The fraction of sp³-hybridized carbons (Fsp3) is 0.625. The number of piperidine rings is 1. The third-order valence-electron chi connectivity index (χ3n) is 4.42. The fourth-order valence-electron chi connectivity index (χ4n) is 3.21. The monoisotopic (exact) mass is 308 g/mol. The molecule has 1 saturated heterocycles. The minimum Gasteiger partial charge on any atom is -0.296 e. The summed E-state index contributed by atoms with van der Waals surface area (Å²) in [7, 11) is 0. The van der Waals surface area contributed by atoms with Crippen molar-refractivity contribution >= 4 is 17.4 Å². The highest BCUT2D eigenvalue weighted by atomic mass is 32.2. The highest BCUT2D eigenvalue weighted by Gasteiger charge is 2.25. The smallest absolute Gasteiger partial charge is 0.269 e. The zero-order valence-electron chi connectivity index (χ0n) is 13.0. The third kappa shape index (κ3) is 3.98. The Kier molecular flexibility index (Phi) is 5.65. The lowest BCUT2D eigenvalue weighted by Crippen LogP contribution is -2.38. The van der Waals surface area contributed by atoms with Gasteiger partial charge in [-0.3, -0.25) is 15.0 Å². The van der Waals surface area contributed by atoms with Crippen LogP contribution < -0.4 is 0 Å². The predicted molar refractivity (Wildman–Crippen MR) is 88.9 cm³/mol. The highest BCUT2D eigenvalue weighted by molar-refractivity contribution is 7.98. The lowest BCUT2D eigenvalue weighted by atomic mass is 9.94. The number of nitrogens with zero attached hydrogens (tertiary/aromatic N) is 2. The van der Waals surface area contributed by atoms with Crippen LogP contribution in [0.2, 0.25) is 0 Å². The Bertz CT molecular complexity index is 505. The Hall–Kier alpha value is -1.07. The molecular weight excluding hydrogens is 284 g/mol. The zero-order valence-corrected chi connectivity index (χ0v) is 13.9. The zero-order chi connectivity index (χ0) is 15.4. The molecule has 0 spiro atoms. The number of thioether (sulfide) groups is 1. The van der Waals surface area contributed by atoms with Crippen LogP contribution in [0.1, 0.15) is 36.9 Å². The highest BCUT2D eigenvalue weighted by Crippen LogP contribution is 2.31. The van der Waals surface area contributed by atoms with Crippen LogP contribution in [0, 0.1) is 23.0 Å². The number of rotatable bonds is 5. The van der Waals surface area contributed by atoms with Crippen LogP contribution in [0.5, 0.6) is 0 Å². The van der Waals surface area contributed by atoms with Crippen LogP contribution in [-0.2, 0) is 0 Å². The molecule has 0 aliphatic carbocycles. The minimum absolute atomic E-state index is 0.195. The van der Waals surface area contributed by atoms with Crippen molar-refractivity contribution in [2.45, 2.75) is 32.7 Å². The first-order valence-corrected chi connectivity index (χ1v) is 8.90. The van der Waals surface area contributed by atoms with Crippen LogP contribution in [-0.4, -0.2) is 34.9 Å². The van der Waals surface area contributed by atoms with E-state index >= 15 is 0 Å². The van der Waals surface area contributed by atoms with Gasteiger partial charge in [0.25, 0.3) is 5.69 Å². The van der Waals surface area contributed by atoms with Gasteiger partial charge in [-0.15, -0.1) is 0 Å². The standard InChI is InChI=1S/C16H24N2O2S/c1-12-6-7-15(18(19)20)9-16(12)13(2)17-8-4-5-14(10-17)11-21-3/h6-7,9,13-14H,4-5,8,10-11H2,1-3H3. The predicted octanol–water partition coefficient (Wildman–Crippen LogP) is 4.04. The Morgan fingerprint density at radius 1 is 1.52 bits per heavy atom. The minimum atomic E-state index is -0.303. The topological polar surface area (TPSA) is 46.4 Å². The molecule has 21 heavy (non-hydrogen) atoms. The number of hydrogen-bond donors (Lipinski definition) is 0. The Morgan fingerprint density at radius 3 is 2.95 bits per heavy atom. The van der Waals surface area contributed by atoms with Gasteiger partial charge in [-0.05, 0) is 62.3 Å². The number of likely N-dealkylation sites (tertiary alicyclic amines) is 1. The van der Waals surface area contributed by atoms with Crippen LogP contribution in [0.4, 0.5) is 5.69 Å². The van der Waals surface area contributed by atoms with Gasteiger partial charge in [-0.1, -0.05) is 6.07 Å². The van der Waals surface area contributed by atoms with Gasteiger partial charge in [0.05, 0.1) is 4.92 Å². The van der Waals surface area contributed by atoms with Gasteiger partial charge >= 0.3 is 0 Å². The molecular formula is C16H24N2O2S. The van der Waals surface area contributed by atoms with Crippen molar-refractivity contribution in [1.82, 2.24) is 4.90 Å². The molecule has 0 amide bonds. The molecule has 2 atom stereocenters. The summed E-state index contributed by atoms with van der Waals surface area (Å²) in [5, 5.41) is 11.0. The number of hydrogen-bond acceptors (Lipinski definition) is 4. The van der Waals surface area contributed by atoms with Crippen molar-refractivity contribution in [2.75, 3.05) is 25.1 Å². The lowest BCUT2D eigenvalue weighted by molar-refractivity contribution is -0.385. The van der Waals surface area contributed by atoms with E-state index in [4.69, 9.17) is 0 Å². The van der Waals surface area contributed by atoms with Gasteiger partial charge in [0.15, 0.2) is 0 Å². The van der Waals surface area contributed by atoms with Crippen molar-refractivity contribution < 1.29 is 4.92 Å². The van der Waals surface area contributed by atoms with E-state index in [1.54, 1.807) is 12.1 Å². The van der Waals surface area contributed by atoms with E-state index in [9.17, 15) is 10.1 Å². The summed E-state index contributed by atoms with van der Waals surface area (Å²) in [6, 6.07) is 5.46. The van der Waals surface area contributed by atoms with Gasteiger partial charge in [-0.25, -0.2) is 0 Å². The molecule has 0 aromatic heterocycles. The average molecular weight is 308 g/mol. The van der Waals surface area contributed by atoms with E-state index in [0.717, 1.165) is 30.1 Å². The van der Waals surface area contributed by atoms with Crippen molar-refractivity contribution in [3.05, 3.63) is 39.4 Å². The second kappa shape index (κ2) is 7.27. The molecule has 2 rings (SSSR count). The van der Waals surface area contributed by atoms with Crippen molar-refractivity contribution in [1.29, 1.82) is 0 Å². The number of benzene rings is 1. The third-order valence-corrected chi connectivity index (χ3v) is 5.23. The molecule has 0 saturated carbocycles. The van der Waals surface area contributed by atoms with Gasteiger partial charge in [0.1, 0.15) is 0 Å². The van der Waals surface area contributed by atoms with E-state index in [-0.39, 0.29) is 16.7 Å². The molecule has 1 aromatic carbocycles. The van der Waals surface area contributed by atoms with Crippen LogP contribution in [0.15, 0.2) is 18.2 Å². The van der Waals surface area contributed by atoms with Crippen LogP contribution in [0.25, 0.3) is 0 Å². The largest absolute Gasteiger partial charge is 0.296 e. The van der Waals surface area contributed by atoms with Crippen molar-refractivity contribution in [3.8, 4) is 0 Å². The Morgan fingerprint density at radius 2 is 2.29 bits per heavy atom. The molecule has 1 aliphatic rings. The normalized spacial score (nSPS) is 21.2. The van der Waals surface area contributed by atoms with E-state index in [0.29, 0.717) is 0 Å². The molecule has 2 unspecified atom stereocenters. The van der Waals surface area contributed by atoms with E-state index in [1.165, 1.54) is 18.6 Å². The molecule has 1 heterocycles. The summed E-state index contributed by atoms with van der Waals surface area (Å²) in [5.41, 5.74) is 2.43. The Labute approximate surface area is 131 Å². The van der Waals surface area contributed by atoms with E-state index < -0.39 is 0 Å². The molecule has 1 aliphatic heterocycles. The summed E-state index contributed by atoms with van der Waals surface area (Å²) < 4.78 is 0. The second-order valence-electron chi connectivity index (χ2n) is 5.93. The van der Waals surface area contributed by atoms with Crippen molar-refractivity contribution in [3.63, 3.8) is 0 Å². The number of nitro benzene ring substituents is 1. The van der Waals surface area contributed by atoms with Crippen molar-refractivity contribution in [2.24, 2.45) is 5.92 Å². The summed E-state index contributed by atoms with van der Waals surface area (Å²) >= 11 is 1.91. The quantitative estimate of drug-likeness (QED) is 0.608. The van der Waals surface area contributed by atoms with Gasteiger partial charge < -0.3 is 0 Å². The number of nitro groups is 1. The molecule has 1 aromatic rings. The first-order chi connectivity index (χ1) is 10.0. The number of non-ortho nitro benzene ring substituents is 1. The maximum absolute atomic E-state index is 11.0. The molecule has 0 N–H and O–H groups in total. The first kappa shape index (κ1) is 16.3. The van der Waals surface area contributed by atoms with Gasteiger partial charge in [0.2, 0.25) is 0 Å². The van der Waals surface area contributed by atoms with Crippen LogP contribution >= 0.6 is 11.8 Å². The number of aryl methyl sites for hydroxylation is 1. The maximum Gasteiger partial charge on any atom is 0.269 e. The van der Waals surface area contributed by atoms with E-state index in [1.807, 2.05) is 24.8 Å². The second-order valence-corrected chi connectivity index (χ2v) is 6.84. The summed E-state index contributed by atoms with van der Waals surface area (Å²) in [5.74, 6) is 1.95. The fourth-order valence-corrected chi connectivity index (χ4v) is 3.95. The van der Waals surface area contributed by atoms with Gasteiger partial charge in [0, 0.05) is 24.7 Å². The summed E-state index contributed by atoms with van der Waals surface area (Å²) in [6.07, 6.45) is 4.69. The summed E-state index contributed by atoms with van der Waals surface area (Å²) in [4.78, 5) is 13.2. The molecule has 1 fully saturated rings. The Balaban J connectivity index is 2.17. The maximum atomic E-state index is 11.0. The van der Waals surface area contributed by atoms with Crippen LogP contribution in [0.3, 0.4) is 0 Å². The molecule has 4 nitrogen and oxygen atoms in total. The van der Waals surface area contributed by atoms with Gasteiger partial charge in [-0.2, -0.15) is 11.8 Å².